The van der Waals surface area contributed by atoms with Crippen molar-refractivity contribution in [3.8, 4) is 0 Å². The van der Waals surface area contributed by atoms with E-state index < -0.39 is 5.97 Å². The van der Waals surface area contributed by atoms with E-state index in [0.717, 1.165) is 10.0 Å². The lowest BCUT2D eigenvalue weighted by Gasteiger charge is -2.22. The van der Waals surface area contributed by atoms with Crippen LogP contribution >= 0.6 is 15.9 Å². The molecule has 4 nitrogen and oxygen atoms in total. The molecule has 2 aromatic carbocycles. The molecule has 5 heteroatoms. The molecule has 0 aliphatic heterocycles. The molecular weight excluding hydrogens is 320 g/mol. The number of carboxylic acid groups (broad SMARTS) is 1. The number of benzene rings is 2. The number of hydrogen-bond acceptors (Lipinski definition) is 3. The van der Waals surface area contributed by atoms with E-state index in [1.165, 1.54) is 6.07 Å². The maximum absolute atomic E-state index is 11.1. The van der Waals surface area contributed by atoms with Gasteiger partial charge in [-0.25, -0.2) is 4.79 Å². The Morgan fingerprint density at radius 1 is 1.25 bits per heavy atom. The molecule has 104 valence electrons. The molecule has 2 aromatic rings. The highest BCUT2D eigenvalue weighted by Gasteiger charge is 2.13. The zero-order chi connectivity index (χ0) is 14.7. The molecule has 0 saturated heterocycles. The first kappa shape index (κ1) is 14.4. The van der Waals surface area contributed by atoms with E-state index in [4.69, 9.17) is 10.8 Å². The predicted octanol–water partition coefficient (Wildman–Crippen LogP) is 3.37. The fraction of sp³-hybridized carbons (Fsp3) is 0.133. The minimum Gasteiger partial charge on any atom is -0.478 e. The number of carboxylic acids is 1. The summed E-state index contributed by atoms with van der Waals surface area (Å²) in [4.78, 5) is 13.0. The molecule has 3 N–H and O–H groups in total. The summed E-state index contributed by atoms with van der Waals surface area (Å²) in [6, 6.07) is 13.0. The summed E-state index contributed by atoms with van der Waals surface area (Å²) < 4.78 is 1.02. The summed E-state index contributed by atoms with van der Waals surface area (Å²) in [6.45, 7) is 0.653. The van der Waals surface area contributed by atoms with Crippen molar-refractivity contribution in [1.29, 1.82) is 0 Å². The number of hydrogen-bond donors (Lipinski definition) is 2. The van der Waals surface area contributed by atoms with E-state index in [1.54, 1.807) is 6.07 Å². The van der Waals surface area contributed by atoms with Crippen molar-refractivity contribution in [2.24, 2.45) is 0 Å². The lowest BCUT2D eigenvalue weighted by Crippen LogP contribution is -2.19. The maximum atomic E-state index is 11.1. The summed E-state index contributed by atoms with van der Waals surface area (Å²) in [7, 11) is 1.89. The number of carbonyl (C=O) groups is 1. The highest BCUT2D eigenvalue weighted by Crippen LogP contribution is 2.27. The Hall–Kier alpha value is -2.01. The predicted molar refractivity (Wildman–Crippen MR) is 84.1 cm³/mol. The molecule has 0 aliphatic carbocycles. The van der Waals surface area contributed by atoms with Crippen LogP contribution in [0.4, 0.5) is 11.4 Å². The monoisotopic (exact) mass is 334 g/mol. The molecule has 0 heterocycles. The third-order valence-corrected chi connectivity index (χ3v) is 3.59. The third-order valence-electron chi connectivity index (χ3n) is 3.06. The minimum absolute atomic E-state index is 0.130. The van der Waals surface area contributed by atoms with Gasteiger partial charge in [-0.05, 0) is 29.8 Å². The Kier molecular flexibility index (Phi) is 4.29. The van der Waals surface area contributed by atoms with Crippen LogP contribution in [-0.4, -0.2) is 18.1 Å². The van der Waals surface area contributed by atoms with Gasteiger partial charge < -0.3 is 15.7 Å². The van der Waals surface area contributed by atoms with Crippen LogP contribution in [0.2, 0.25) is 0 Å². The summed E-state index contributed by atoms with van der Waals surface area (Å²) >= 11 is 3.39. The molecule has 0 spiro atoms. The number of nitrogens with zero attached hydrogens (tertiary/aromatic N) is 1. The summed E-state index contributed by atoms with van der Waals surface area (Å²) in [6.07, 6.45) is 0. The Morgan fingerprint density at radius 3 is 2.50 bits per heavy atom. The first-order chi connectivity index (χ1) is 9.49. The fourth-order valence-corrected chi connectivity index (χ4v) is 2.29. The number of aromatic carboxylic acids is 1. The third kappa shape index (κ3) is 3.11. The highest BCUT2D eigenvalue weighted by atomic mass is 79.9. The Balaban J connectivity index is 2.25. The second-order valence-corrected chi connectivity index (χ2v) is 5.44. The fourth-order valence-electron chi connectivity index (χ4n) is 2.02. The molecule has 0 aliphatic rings. The van der Waals surface area contributed by atoms with Crippen molar-refractivity contribution in [3.63, 3.8) is 0 Å². The summed E-state index contributed by atoms with van der Waals surface area (Å²) in [5.41, 5.74) is 8.19. The molecule has 0 aromatic heterocycles. The van der Waals surface area contributed by atoms with Gasteiger partial charge in [0, 0.05) is 18.1 Å². The number of nitrogen functional groups attached to an aromatic ring is 1. The number of nitrogens with two attached hydrogens (primary N) is 1. The van der Waals surface area contributed by atoms with Crippen LogP contribution in [0.1, 0.15) is 15.9 Å². The van der Waals surface area contributed by atoms with Crippen LogP contribution in [0.25, 0.3) is 0 Å². The van der Waals surface area contributed by atoms with Crippen molar-refractivity contribution in [2.45, 2.75) is 6.54 Å². The van der Waals surface area contributed by atoms with Gasteiger partial charge in [-0.15, -0.1) is 0 Å². The van der Waals surface area contributed by atoms with E-state index in [-0.39, 0.29) is 5.56 Å². The number of rotatable bonds is 4. The van der Waals surface area contributed by atoms with Gasteiger partial charge in [0.05, 0.1) is 16.9 Å². The topological polar surface area (TPSA) is 66.6 Å². The zero-order valence-corrected chi connectivity index (χ0v) is 12.6. The van der Waals surface area contributed by atoms with Crippen LogP contribution < -0.4 is 10.6 Å². The molecule has 20 heavy (non-hydrogen) atoms. The van der Waals surface area contributed by atoms with E-state index in [9.17, 15) is 4.79 Å². The molecule has 0 saturated carbocycles. The van der Waals surface area contributed by atoms with E-state index >= 15 is 0 Å². The van der Waals surface area contributed by atoms with Crippen molar-refractivity contribution < 1.29 is 9.90 Å². The molecule has 0 unspecified atom stereocenters. The van der Waals surface area contributed by atoms with Crippen molar-refractivity contribution in [2.75, 3.05) is 17.7 Å². The van der Waals surface area contributed by atoms with Gasteiger partial charge in [-0.2, -0.15) is 0 Å². The van der Waals surface area contributed by atoms with Crippen LogP contribution in [0.5, 0.6) is 0 Å². The van der Waals surface area contributed by atoms with E-state index in [2.05, 4.69) is 15.9 Å². The quantitative estimate of drug-likeness (QED) is 0.841. The lowest BCUT2D eigenvalue weighted by molar-refractivity contribution is 0.0698. The maximum Gasteiger partial charge on any atom is 0.337 e. The molecule has 0 bridgehead atoms. The van der Waals surface area contributed by atoms with Crippen LogP contribution in [0, 0.1) is 0 Å². The SMILES string of the molecule is CN(Cc1ccc(Br)cc1)c1cccc(C(=O)O)c1N. The van der Waals surface area contributed by atoms with Crippen LogP contribution in [0.3, 0.4) is 0 Å². The second kappa shape index (κ2) is 5.96. The van der Waals surface area contributed by atoms with Crippen molar-refractivity contribution in [1.82, 2.24) is 0 Å². The number of anilines is 2. The summed E-state index contributed by atoms with van der Waals surface area (Å²) in [5.74, 6) is -1.01. The largest absolute Gasteiger partial charge is 0.478 e. The molecular formula is C15H15BrN2O2. The molecule has 0 atom stereocenters. The average molecular weight is 335 g/mol. The lowest BCUT2D eigenvalue weighted by atomic mass is 10.1. The number of para-hydroxylation sites is 1. The Morgan fingerprint density at radius 2 is 1.90 bits per heavy atom. The highest BCUT2D eigenvalue weighted by molar-refractivity contribution is 9.10. The summed E-state index contributed by atoms with van der Waals surface area (Å²) in [5, 5.41) is 9.09. The standard InChI is InChI=1S/C15H15BrN2O2/c1-18(9-10-5-7-11(16)8-6-10)13-4-2-3-12(14(13)17)15(19)20/h2-8H,9,17H2,1H3,(H,19,20). The van der Waals surface area contributed by atoms with Gasteiger partial charge >= 0.3 is 5.97 Å². The first-order valence-electron chi connectivity index (χ1n) is 6.06. The van der Waals surface area contributed by atoms with Gasteiger partial charge in [0.2, 0.25) is 0 Å². The normalized spacial score (nSPS) is 10.3. The van der Waals surface area contributed by atoms with Gasteiger partial charge in [0.25, 0.3) is 0 Å². The smallest absolute Gasteiger partial charge is 0.337 e. The van der Waals surface area contributed by atoms with Gasteiger partial charge in [-0.3, -0.25) is 0 Å². The Labute approximate surface area is 126 Å². The minimum atomic E-state index is -1.01. The average Bonchev–Trinajstić information content (AvgIpc) is 2.41. The van der Waals surface area contributed by atoms with Crippen LogP contribution in [0.15, 0.2) is 46.9 Å². The van der Waals surface area contributed by atoms with E-state index in [1.807, 2.05) is 42.3 Å². The number of halogens is 1. The van der Waals surface area contributed by atoms with Gasteiger partial charge in [0.15, 0.2) is 0 Å². The van der Waals surface area contributed by atoms with Crippen LogP contribution in [-0.2, 0) is 6.54 Å². The van der Waals surface area contributed by atoms with Crippen molar-refractivity contribution >= 4 is 33.3 Å². The van der Waals surface area contributed by atoms with Crippen molar-refractivity contribution in [3.05, 3.63) is 58.1 Å². The second-order valence-electron chi connectivity index (χ2n) is 4.53. The first-order valence-corrected chi connectivity index (χ1v) is 6.85. The molecule has 0 amide bonds. The molecule has 2 rings (SSSR count). The van der Waals surface area contributed by atoms with Gasteiger partial charge in [-0.1, -0.05) is 34.1 Å². The molecule has 0 fully saturated rings. The van der Waals surface area contributed by atoms with Gasteiger partial charge in [0.1, 0.15) is 0 Å². The van der Waals surface area contributed by atoms with E-state index in [0.29, 0.717) is 17.9 Å². The zero-order valence-electron chi connectivity index (χ0n) is 11.0. The molecule has 0 radical (unpaired) electrons. The Bertz CT molecular complexity index is 626.